The van der Waals surface area contributed by atoms with Crippen molar-refractivity contribution in [3.8, 4) is 0 Å². The lowest BCUT2D eigenvalue weighted by atomic mass is 10.1. The number of carbonyl (C=O) groups is 2. The minimum absolute atomic E-state index is 0.0233. The van der Waals surface area contributed by atoms with Gasteiger partial charge >= 0.3 is 0 Å². The fraction of sp³-hybridized carbons (Fsp3) is 0.462. The summed E-state index contributed by atoms with van der Waals surface area (Å²) in [5.74, 6) is -0.345. The summed E-state index contributed by atoms with van der Waals surface area (Å²) >= 11 is 0. The monoisotopic (exact) mass is 487 g/mol. The molecule has 0 bridgehead atoms. The van der Waals surface area contributed by atoms with Gasteiger partial charge in [-0.25, -0.2) is 8.42 Å². The molecule has 0 saturated carbocycles. The first kappa shape index (κ1) is 27.4. The van der Waals surface area contributed by atoms with E-state index in [9.17, 15) is 18.0 Å². The molecule has 2 aromatic rings. The van der Waals surface area contributed by atoms with Gasteiger partial charge in [-0.1, -0.05) is 55.5 Å². The van der Waals surface area contributed by atoms with E-state index in [1.165, 1.54) is 4.31 Å². The molecule has 8 heteroatoms. The second kappa shape index (κ2) is 13.1. The standard InChI is InChI=1S/C26H37N3O4S/c1-5-21(2)27-26(31)22(3)28(20-18-23-13-8-6-9-14-23)25(30)17-12-19-29(34(4,32)33)24-15-10-7-11-16-24/h6-11,13-16,21-22H,5,12,17-20H2,1-4H3,(H,27,31)/t21-,22-/m0/s1. The highest BCUT2D eigenvalue weighted by molar-refractivity contribution is 7.92. The normalized spacial score (nSPS) is 13.1. The van der Waals surface area contributed by atoms with Gasteiger partial charge in [0, 0.05) is 25.6 Å². The average molecular weight is 488 g/mol. The molecule has 0 aliphatic heterocycles. The Bertz CT molecular complexity index is 1010. The zero-order valence-corrected chi connectivity index (χ0v) is 21.4. The number of carbonyl (C=O) groups excluding carboxylic acids is 2. The fourth-order valence-electron chi connectivity index (χ4n) is 3.63. The second-order valence-corrected chi connectivity index (χ2v) is 10.5. The molecule has 0 unspecified atom stereocenters. The Morgan fingerprint density at radius 2 is 1.53 bits per heavy atom. The molecule has 0 fully saturated rings. The number of sulfonamides is 1. The predicted octanol–water partition coefficient (Wildman–Crippen LogP) is 3.61. The third-order valence-electron chi connectivity index (χ3n) is 5.85. The van der Waals surface area contributed by atoms with Gasteiger partial charge in [-0.2, -0.15) is 0 Å². The van der Waals surface area contributed by atoms with E-state index in [0.29, 0.717) is 25.1 Å². The summed E-state index contributed by atoms with van der Waals surface area (Å²) in [5, 5.41) is 2.96. The molecule has 7 nitrogen and oxygen atoms in total. The number of hydrogen-bond acceptors (Lipinski definition) is 4. The van der Waals surface area contributed by atoms with Crippen LogP contribution in [0.25, 0.3) is 0 Å². The Labute approximate surface area is 204 Å². The summed E-state index contributed by atoms with van der Waals surface area (Å²) in [6.45, 7) is 6.27. The van der Waals surface area contributed by atoms with Crippen molar-refractivity contribution in [1.82, 2.24) is 10.2 Å². The maximum absolute atomic E-state index is 13.2. The van der Waals surface area contributed by atoms with Crippen LogP contribution in [-0.4, -0.2) is 56.6 Å². The number of amides is 2. The molecule has 1 N–H and O–H groups in total. The van der Waals surface area contributed by atoms with Crippen LogP contribution >= 0.6 is 0 Å². The van der Waals surface area contributed by atoms with Crippen LogP contribution < -0.4 is 9.62 Å². The zero-order chi connectivity index (χ0) is 25.1. The number of benzene rings is 2. The number of hydrogen-bond donors (Lipinski definition) is 1. The van der Waals surface area contributed by atoms with Crippen LogP contribution in [0.4, 0.5) is 5.69 Å². The van der Waals surface area contributed by atoms with E-state index in [-0.39, 0.29) is 30.8 Å². The van der Waals surface area contributed by atoms with Crippen molar-refractivity contribution in [2.24, 2.45) is 0 Å². The van der Waals surface area contributed by atoms with Crippen LogP contribution in [0.1, 0.15) is 45.6 Å². The highest BCUT2D eigenvalue weighted by Crippen LogP contribution is 2.18. The van der Waals surface area contributed by atoms with Crippen molar-refractivity contribution in [3.63, 3.8) is 0 Å². The topological polar surface area (TPSA) is 86.8 Å². The van der Waals surface area contributed by atoms with E-state index in [2.05, 4.69) is 5.32 Å². The molecule has 0 aliphatic carbocycles. The Morgan fingerprint density at radius 1 is 0.941 bits per heavy atom. The Morgan fingerprint density at radius 3 is 2.09 bits per heavy atom. The lowest BCUT2D eigenvalue weighted by Gasteiger charge is -2.30. The highest BCUT2D eigenvalue weighted by Gasteiger charge is 2.26. The van der Waals surface area contributed by atoms with Gasteiger partial charge in [0.2, 0.25) is 21.8 Å². The highest BCUT2D eigenvalue weighted by atomic mass is 32.2. The molecular weight excluding hydrogens is 450 g/mol. The van der Waals surface area contributed by atoms with Crippen LogP contribution in [-0.2, 0) is 26.0 Å². The van der Waals surface area contributed by atoms with Gasteiger partial charge in [-0.3, -0.25) is 13.9 Å². The van der Waals surface area contributed by atoms with Crippen LogP contribution in [0.3, 0.4) is 0 Å². The van der Waals surface area contributed by atoms with E-state index in [4.69, 9.17) is 0 Å². The van der Waals surface area contributed by atoms with E-state index in [1.807, 2.05) is 50.2 Å². The molecule has 2 aromatic carbocycles. The van der Waals surface area contributed by atoms with Crippen molar-refractivity contribution in [2.45, 2.75) is 58.5 Å². The van der Waals surface area contributed by atoms with Gasteiger partial charge in [-0.15, -0.1) is 0 Å². The van der Waals surface area contributed by atoms with Gasteiger partial charge in [-0.05, 0) is 50.8 Å². The summed E-state index contributed by atoms with van der Waals surface area (Å²) in [6.07, 6.45) is 3.09. The largest absolute Gasteiger partial charge is 0.352 e. The number of nitrogens with one attached hydrogen (secondary N) is 1. The number of rotatable bonds is 13. The SMILES string of the molecule is CC[C@H](C)NC(=O)[C@H](C)N(CCc1ccccc1)C(=O)CCCN(c1ccccc1)S(C)(=O)=O. The van der Waals surface area contributed by atoms with Gasteiger partial charge in [0.05, 0.1) is 11.9 Å². The van der Waals surface area contributed by atoms with Crippen molar-refractivity contribution in [3.05, 3.63) is 66.2 Å². The van der Waals surface area contributed by atoms with Crippen LogP contribution in [0.5, 0.6) is 0 Å². The number of anilines is 1. The molecule has 0 radical (unpaired) electrons. The quantitative estimate of drug-likeness (QED) is 0.468. The summed E-state index contributed by atoms with van der Waals surface area (Å²) in [4.78, 5) is 27.6. The minimum Gasteiger partial charge on any atom is -0.352 e. The molecule has 2 amide bonds. The van der Waals surface area contributed by atoms with Crippen LogP contribution in [0.15, 0.2) is 60.7 Å². The fourth-order valence-corrected chi connectivity index (χ4v) is 4.60. The van der Waals surface area contributed by atoms with Gasteiger partial charge in [0.1, 0.15) is 6.04 Å². The second-order valence-electron chi connectivity index (χ2n) is 8.59. The summed E-state index contributed by atoms with van der Waals surface area (Å²) in [5.41, 5.74) is 1.65. The summed E-state index contributed by atoms with van der Waals surface area (Å²) in [7, 11) is -3.48. The van der Waals surface area contributed by atoms with Crippen molar-refractivity contribution in [1.29, 1.82) is 0 Å². The first-order valence-corrected chi connectivity index (χ1v) is 13.6. The van der Waals surface area contributed by atoms with E-state index < -0.39 is 16.1 Å². The third kappa shape index (κ3) is 8.48. The smallest absolute Gasteiger partial charge is 0.242 e. The molecule has 0 aliphatic rings. The molecule has 186 valence electrons. The first-order valence-electron chi connectivity index (χ1n) is 11.8. The number of para-hydroxylation sites is 1. The Balaban J connectivity index is 2.09. The molecule has 0 heterocycles. The van der Waals surface area contributed by atoms with E-state index in [0.717, 1.165) is 18.2 Å². The number of nitrogens with zero attached hydrogens (tertiary/aromatic N) is 2. The third-order valence-corrected chi connectivity index (χ3v) is 7.04. The molecular formula is C26H37N3O4S. The van der Waals surface area contributed by atoms with Crippen molar-refractivity contribution in [2.75, 3.05) is 23.7 Å². The molecule has 2 rings (SSSR count). The first-order chi connectivity index (χ1) is 16.1. The molecule has 0 spiro atoms. The van der Waals surface area contributed by atoms with Gasteiger partial charge in [0.25, 0.3) is 0 Å². The van der Waals surface area contributed by atoms with Crippen molar-refractivity contribution < 1.29 is 18.0 Å². The zero-order valence-electron chi connectivity index (χ0n) is 20.6. The predicted molar refractivity (Wildman–Crippen MR) is 137 cm³/mol. The van der Waals surface area contributed by atoms with E-state index >= 15 is 0 Å². The van der Waals surface area contributed by atoms with Crippen LogP contribution in [0.2, 0.25) is 0 Å². The molecule has 0 saturated heterocycles. The van der Waals surface area contributed by atoms with Crippen molar-refractivity contribution >= 4 is 27.5 Å². The van der Waals surface area contributed by atoms with Crippen LogP contribution in [0, 0.1) is 0 Å². The van der Waals surface area contributed by atoms with Gasteiger partial charge < -0.3 is 10.2 Å². The average Bonchev–Trinajstić information content (AvgIpc) is 2.82. The minimum atomic E-state index is -3.48. The maximum Gasteiger partial charge on any atom is 0.242 e. The molecule has 2 atom stereocenters. The Hall–Kier alpha value is -2.87. The molecule has 0 aromatic heterocycles. The lowest BCUT2D eigenvalue weighted by Crippen LogP contribution is -2.50. The summed E-state index contributed by atoms with van der Waals surface area (Å²) in [6, 6.07) is 18.1. The molecule has 34 heavy (non-hydrogen) atoms. The summed E-state index contributed by atoms with van der Waals surface area (Å²) < 4.78 is 25.9. The lowest BCUT2D eigenvalue weighted by molar-refractivity contribution is -0.140. The Kier molecular flexibility index (Phi) is 10.6. The van der Waals surface area contributed by atoms with E-state index in [1.54, 1.807) is 36.1 Å². The maximum atomic E-state index is 13.2. The van der Waals surface area contributed by atoms with Gasteiger partial charge in [0.15, 0.2) is 0 Å².